The molecule has 0 aliphatic carbocycles. The monoisotopic (exact) mass is 505 g/mol. The maximum Gasteiger partial charge on any atom is 0.295 e. The smallest absolute Gasteiger partial charge is 0.295 e. The number of Topliss-reactive ketones (excluding diaryl/α,β-unsaturated/α-hetero) is 1. The standard InChI is InChI=1S/C29H28FNO6/c1-4-37-22-12-8-19(9-13-22)26-25(27(32)20-6-10-21(30)11-7-20)28(33)29(34)31(26)16-15-18-5-14-23(35-2)24(17-18)36-3/h5-14,17,26,32H,4,15-16H2,1-3H3/t26-/m1/s1. The first-order chi connectivity index (χ1) is 17.9. The van der Waals surface area contributed by atoms with Crippen molar-refractivity contribution in [1.29, 1.82) is 0 Å². The van der Waals surface area contributed by atoms with Crippen molar-refractivity contribution in [1.82, 2.24) is 4.90 Å². The lowest BCUT2D eigenvalue weighted by Gasteiger charge is -2.25. The molecule has 4 rings (SSSR count). The molecule has 37 heavy (non-hydrogen) atoms. The molecule has 192 valence electrons. The third-order valence-corrected chi connectivity index (χ3v) is 6.25. The van der Waals surface area contributed by atoms with Crippen molar-refractivity contribution < 1.29 is 33.3 Å². The van der Waals surface area contributed by atoms with E-state index in [0.717, 1.165) is 5.56 Å². The molecule has 1 N–H and O–H groups in total. The Kier molecular flexibility index (Phi) is 7.77. The van der Waals surface area contributed by atoms with Crippen LogP contribution in [0.1, 0.15) is 29.7 Å². The van der Waals surface area contributed by atoms with Crippen molar-refractivity contribution in [3.05, 3.63) is 94.8 Å². The molecule has 1 atom stereocenters. The number of methoxy groups -OCH3 is 2. The molecule has 1 aliphatic rings. The average molecular weight is 506 g/mol. The highest BCUT2D eigenvalue weighted by Crippen LogP contribution is 2.40. The number of carbonyl (C=O) groups is 2. The quantitative estimate of drug-likeness (QED) is 0.253. The Hall–Kier alpha value is -4.33. The zero-order chi connectivity index (χ0) is 26.5. The van der Waals surface area contributed by atoms with Crippen molar-refractivity contribution in [2.75, 3.05) is 27.4 Å². The molecule has 0 aromatic heterocycles. The minimum Gasteiger partial charge on any atom is -0.507 e. The molecule has 7 nitrogen and oxygen atoms in total. The Morgan fingerprint density at radius 2 is 1.62 bits per heavy atom. The Balaban J connectivity index is 1.73. The molecule has 3 aromatic rings. The maximum absolute atomic E-state index is 13.5. The van der Waals surface area contributed by atoms with Gasteiger partial charge in [0.25, 0.3) is 11.7 Å². The normalized spacial score (nSPS) is 16.6. The molecule has 1 amide bonds. The summed E-state index contributed by atoms with van der Waals surface area (Å²) in [5, 5.41) is 11.1. The highest BCUT2D eigenvalue weighted by atomic mass is 19.1. The summed E-state index contributed by atoms with van der Waals surface area (Å²) in [6.45, 7) is 2.57. The number of rotatable bonds is 9. The minimum absolute atomic E-state index is 0.0481. The molecule has 0 saturated carbocycles. The maximum atomic E-state index is 13.5. The van der Waals surface area contributed by atoms with E-state index in [4.69, 9.17) is 14.2 Å². The minimum atomic E-state index is -0.833. The van der Waals surface area contributed by atoms with Gasteiger partial charge in [0.2, 0.25) is 0 Å². The number of carbonyl (C=O) groups excluding carboxylic acids is 2. The van der Waals surface area contributed by atoms with E-state index in [2.05, 4.69) is 0 Å². The fourth-order valence-corrected chi connectivity index (χ4v) is 4.42. The molecule has 1 heterocycles. The van der Waals surface area contributed by atoms with Crippen LogP contribution in [0.2, 0.25) is 0 Å². The Morgan fingerprint density at radius 3 is 2.24 bits per heavy atom. The van der Waals surface area contributed by atoms with Crippen LogP contribution in [0.25, 0.3) is 5.76 Å². The first-order valence-electron chi connectivity index (χ1n) is 11.9. The molecule has 0 spiro atoms. The van der Waals surface area contributed by atoms with Crippen molar-refractivity contribution in [2.45, 2.75) is 19.4 Å². The molecule has 1 fully saturated rings. The van der Waals surface area contributed by atoms with Crippen LogP contribution in [0.4, 0.5) is 4.39 Å². The summed E-state index contributed by atoms with van der Waals surface area (Å²) in [6, 6.07) is 16.8. The van der Waals surface area contributed by atoms with Gasteiger partial charge in [0, 0.05) is 12.1 Å². The van der Waals surface area contributed by atoms with Gasteiger partial charge in [-0.25, -0.2) is 4.39 Å². The van der Waals surface area contributed by atoms with Crippen LogP contribution < -0.4 is 14.2 Å². The van der Waals surface area contributed by atoms with Gasteiger partial charge >= 0.3 is 0 Å². The lowest BCUT2D eigenvalue weighted by atomic mass is 9.95. The first-order valence-corrected chi connectivity index (χ1v) is 11.9. The van der Waals surface area contributed by atoms with Crippen LogP contribution in [0.15, 0.2) is 72.3 Å². The van der Waals surface area contributed by atoms with Crippen LogP contribution in [0.3, 0.4) is 0 Å². The van der Waals surface area contributed by atoms with E-state index in [1.165, 1.54) is 29.2 Å². The Morgan fingerprint density at radius 1 is 0.946 bits per heavy atom. The van der Waals surface area contributed by atoms with Crippen LogP contribution in [0.5, 0.6) is 17.2 Å². The largest absolute Gasteiger partial charge is 0.507 e. The van der Waals surface area contributed by atoms with Crippen molar-refractivity contribution in [2.24, 2.45) is 0 Å². The van der Waals surface area contributed by atoms with Crippen LogP contribution in [0, 0.1) is 5.82 Å². The molecule has 8 heteroatoms. The van der Waals surface area contributed by atoms with E-state index < -0.39 is 23.5 Å². The SMILES string of the molecule is CCOc1ccc([C@@H]2C(=C(O)c3ccc(F)cc3)C(=O)C(=O)N2CCc2ccc(OC)c(OC)c2)cc1. The predicted molar refractivity (Wildman–Crippen MR) is 136 cm³/mol. The summed E-state index contributed by atoms with van der Waals surface area (Å²) in [5.74, 6) is -0.564. The lowest BCUT2D eigenvalue weighted by Crippen LogP contribution is -2.31. The number of amides is 1. The van der Waals surface area contributed by atoms with E-state index in [-0.39, 0.29) is 23.4 Å². The van der Waals surface area contributed by atoms with Gasteiger partial charge in [-0.05, 0) is 73.0 Å². The predicted octanol–water partition coefficient (Wildman–Crippen LogP) is 4.91. The summed E-state index contributed by atoms with van der Waals surface area (Å²) in [6.07, 6.45) is 0.428. The van der Waals surface area contributed by atoms with E-state index in [1.54, 1.807) is 44.6 Å². The second kappa shape index (κ2) is 11.2. The number of aliphatic hydroxyl groups excluding tert-OH is 1. The summed E-state index contributed by atoms with van der Waals surface area (Å²) < 4.78 is 29.7. The van der Waals surface area contributed by atoms with Gasteiger partial charge in [-0.15, -0.1) is 0 Å². The third-order valence-electron chi connectivity index (χ3n) is 6.25. The summed E-state index contributed by atoms with van der Waals surface area (Å²) in [4.78, 5) is 27.9. The number of likely N-dealkylation sites (tertiary alicyclic amines) is 1. The van der Waals surface area contributed by atoms with Crippen LogP contribution >= 0.6 is 0 Å². The summed E-state index contributed by atoms with van der Waals surface area (Å²) in [7, 11) is 3.09. The molecule has 0 radical (unpaired) electrons. The highest BCUT2D eigenvalue weighted by molar-refractivity contribution is 6.46. The first kappa shape index (κ1) is 25.8. The third kappa shape index (κ3) is 5.28. The van der Waals surface area contributed by atoms with Gasteiger partial charge in [0.1, 0.15) is 17.3 Å². The second-order valence-corrected chi connectivity index (χ2v) is 8.44. The molecule has 0 bridgehead atoms. The Labute approximate surface area is 214 Å². The molecule has 0 unspecified atom stereocenters. The van der Waals surface area contributed by atoms with Gasteiger partial charge in [0.15, 0.2) is 11.5 Å². The van der Waals surface area contributed by atoms with Gasteiger partial charge in [-0.1, -0.05) is 18.2 Å². The average Bonchev–Trinajstić information content (AvgIpc) is 3.17. The van der Waals surface area contributed by atoms with Crippen molar-refractivity contribution in [3.8, 4) is 17.2 Å². The lowest BCUT2D eigenvalue weighted by molar-refractivity contribution is -0.139. The number of ketones is 1. The second-order valence-electron chi connectivity index (χ2n) is 8.44. The van der Waals surface area contributed by atoms with Gasteiger partial charge in [0.05, 0.1) is 32.4 Å². The zero-order valence-electron chi connectivity index (χ0n) is 20.9. The van der Waals surface area contributed by atoms with E-state index in [0.29, 0.717) is 35.8 Å². The number of hydrogen-bond donors (Lipinski definition) is 1. The molecule has 1 aliphatic heterocycles. The van der Waals surface area contributed by atoms with E-state index in [1.807, 2.05) is 19.1 Å². The van der Waals surface area contributed by atoms with E-state index >= 15 is 0 Å². The molecule has 3 aromatic carbocycles. The van der Waals surface area contributed by atoms with Gasteiger partial charge < -0.3 is 24.2 Å². The van der Waals surface area contributed by atoms with Crippen LogP contribution in [-0.2, 0) is 16.0 Å². The van der Waals surface area contributed by atoms with Crippen molar-refractivity contribution in [3.63, 3.8) is 0 Å². The van der Waals surface area contributed by atoms with Gasteiger partial charge in [-0.3, -0.25) is 9.59 Å². The Bertz CT molecular complexity index is 1320. The number of aliphatic hydroxyl groups is 1. The summed E-state index contributed by atoms with van der Waals surface area (Å²) >= 11 is 0. The fraction of sp³-hybridized carbons (Fsp3) is 0.241. The molecule has 1 saturated heterocycles. The van der Waals surface area contributed by atoms with E-state index in [9.17, 15) is 19.1 Å². The number of hydrogen-bond acceptors (Lipinski definition) is 6. The van der Waals surface area contributed by atoms with Crippen LogP contribution in [-0.4, -0.2) is 49.1 Å². The topological polar surface area (TPSA) is 85.3 Å². The molecular formula is C29H28FNO6. The fourth-order valence-electron chi connectivity index (χ4n) is 4.42. The zero-order valence-corrected chi connectivity index (χ0v) is 20.9. The van der Waals surface area contributed by atoms with Gasteiger partial charge in [-0.2, -0.15) is 0 Å². The summed E-state index contributed by atoms with van der Waals surface area (Å²) in [5.41, 5.74) is 1.71. The number of benzene rings is 3. The molecular weight excluding hydrogens is 477 g/mol. The number of halogens is 1. The number of ether oxygens (including phenoxy) is 3. The van der Waals surface area contributed by atoms with Crippen molar-refractivity contribution >= 4 is 17.4 Å². The number of nitrogens with zero attached hydrogens (tertiary/aromatic N) is 1. The highest BCUT2D eigenvalue weighted by Gasteiger charge is 2.45.